The molecule has 22 heavy (non-hydrogen) atoms. The lowest BCUT2D eigenvalue weighted by atomic mass is 10.1. The topological polar surface area (TPSA) is 14.2 Å². The van der Waals surface area contributed by atoms with Gasteiger partial charge in [-0.25, -0.2) is 0 Å². The quantitative estimate of drug-likeness (QED) is 0.525. The zero-order valence-corrected chi connectivity index (χ0v) is 12.5. The molecule has 0 saturated heterocycles. The van der Waals surface area contributed by atoms with Crippen LogP contribution < -0.4 is 4.74 Å². The van der Waals surface area contributed by atoms with Crippen molar-refractivity contribution in [2.75, 3.05) is 7.11 Å². The number of hydrogen-bond donors (Lipinski definition) is 0. The Labute approximate surface area is 129 Å². The molecule has 0 unspecified atom stereocenters. The van der Waals surface area contributed by atoms with Crippen molar-refractivity contribution in [2.24, 2.45) is 0 Å². The molecule has 0 aliphatic heterocycles. The van der Waals surface area contributed by atoms with E-state index in [2.05, 4.69) is 71.4 Å². The third kappa shape index (κ3) is 2.04. The van der Waals surface area contributed by atoms with Gasteiger partial charge in [-0.2, -0.15) is 0 Å². The highest BCUT2D eigenvalue weighted by molar-refractivity contribution is 6.09. The van der Waals surface area contributed by atoms with Gasteiger partial charge in [0.05, 0.1) is 12.6 Å². The van der Waals surface area contributed by atoms with Crippen LogP contribution >= 0.6 is 0 Å². The van der Waals surface area contributed by atoms with Crippen molar-refractivity contribution in [1.82, 2.24) is 4.57 Å². The summed E-state index contributed by atoms with van der Waals surface area (Å²) < 4.78 is 7.87. The first-order chi connectivity index (χ1) is 10.9. The van der Waals surface area contributed by atoms with Crippen LogP contribution in [0.3, 0.4) is 0 Å². The summed E-state index contributed by atoms with van der Waals surface area (Å²) in [5, 5.41) is 3.67. The summed E-state index contributed by atoms with van der Waals surface area (Å²) in [6.45, 7) is 0.867. The lowest BCUT2D eigenvalue weighted by molar-refractivity contribution is 0.420. The van der Waals surface area contributed by atoms with Gasteiger partial charge in [0.25, 0.3) is 0 Å². The molecule has 0 amide bonds. The van der Waals surface area contributed by atoms with Crippen molar-refractivity contribution >= 4 is 21.7 Å². The SMILES string of the molecule is COc1cc2c(ccn2Cc2ccccc2)c2ccccc12. The van der Waals surface area contributed by atoms with Crippen LogP contribution in [0.5, 0.6) is 5.75 Å². The van der Waals surface area contributed by atoms with Crippen LogP contribution in [0.25, 0.3) is 21.7 Å². The molecule has 0 radical (unpaired) electrons. The molecule has 0 aliphatic carbocycles. The third-order valence-corrected chi connectivity index (χ3v) is 4.17. The van der Waals surface area contributed by atoms with Gasteiger partial charge in [0.1, 0.15) is 5.75 Å². The maximum atomic E-state index is 5.60. The zero-order chi connectivity index (χ0) is 14.9. The molecule has 3 aromatic carbocycles. The molecule has 0 N–H and O–H groups in total. The summed E-state index contributed by atoms with van der Waals surface area (Å²) in [5.41, 5.74) is 2.51. The number of rotatable bonds is 3. The van der Waals surface area contributed by atoms with Crippen molar-refractivity contribution < 1.29 is 4.74 Å². The van der Waals surface area contributed by atoms with Crippen molar-refractivity contribution in [3.05, 3.63) is 78.5 Å². The Bertz CT molecular complexity index is 938. The molecule has 108 valence electrons. The fraction of sp³-hybridized carbons (Fsp3) is 0.100. The molecule has 0 bridgehead atoms. The number of hydrogen-bond acceptors (Lipinski definition) is 1. The van der Waals surface area contributed by atoms with Crippen LogP contribution in [0, 0.1) is 0 Å². The second-order valence-electron chi connectivity index (χ2n) is 5.49. The molecule has 0 atom stereocenters. The van der Waals surface area contributed by atoms with Crippen molar-refractivity contribution in [3.8, 4) is 5.75 Å². The second kappa shape index (κ2) is 5.23. The molecular weight excluding hydrogens is 270 g/mol. The minimum atomic E-state index is 0.867. The van der Waals surface area contributed by atoms with Gasteiger partial charge in [0.15, 0.2) is 0 Å². The maximum Gasteiger partial charge on any atom is 0.128 e. The van der Waals surface area contributed by atoms with E-state index in [1.807, 2.05) is 6.07 Å². The van der Waals surface area contributed by atoms with Gasteiger partial charge in [0, 0.05) is 29.6 Å². The highest BCUT2D eigenvalue weighted by Gasteiger charge is 2.10. The lowest BCUT2D eigenvalue weighted by Crippen LogP contribution is -1.98. The van der Waals surface area contributed by atoms with Gasteiger partial charge in [-0.1, -0.05) is 54.6 Å². The number of methoxy groups -OCH3 is 1. The predicted molar refractivity (Wildman–Crippen MR) is 91.5 cm³/mol. The molecule has 4 rings (SSSR count). The Morgan fingerprint density at radius 2 is 1.55 bits per heavy atom. The zero-order valence-electron chi connectivity index (χ0n) is 12.5. The monoisotopic (exact) mass is 287 g/mol. The van der Waals surface area contributed by atoms with E-state index in [1.54, 1.807) is 7.11 Å². The van der Waals surface area contributed by atoms with E-state index in [1.165, 1.54) is 21.9 Å². The van der Waals surface area contributed by atoms with Crippen LogP contribution in [0.2, 0.25) is 0 Å². The van der Waals surface area contributed by atoms with E-state index in [0.29, 0.717) is 0 Å². The summed E-state index contributed by atoms with van der Waals surface area (Å²) >= 11 is 0. The summed E-state index contributed by atoms with van der Waals surface area (Å²) in [4.78, 5) is 0. The van der Waals surface area contributed by atoms with Crippen LogP contribution in [0.4, 0.5) is 0 Å². The Hall–Kier alpha value is -2.74. The Kier molecular flexibility index (Phi) is 3.08. The van der Waals surface area contributed by atoms with E-state index in [9.17, 15) is 0 Å². The van der Waals surface area contributed by atoms with Crippen LogP contribution in [-0.4, -0.2) is 11.7 Å². The van der Waals surface area contributed by atoms with Crippen LogP contribution in [0.15, 0.2) is 72.9 Å². The van der Waals surface area contributed by atoms with E-state index in [4.69, 9.17) is 4.74 Å². The summed E-state index contributed by atoms with van der Waals surface area (Å²) in [5.74, 6) is 0.927. The average Bonchev–Trinajstić information content (AvgIpc) is 2.98. The second-order valence-corrected chi connectivity index (χ2v) is 5.49. The minimum Gasteiger partial charge on any atom is -0.496 e. The third-order valence-electron chi connectivity index (χ3n) is 4.17. The first kappa shape index (κ1) is 13.0. The Morgan fingerprint density at radius 3 is 2.32 bits per heavy atom. The molecule has 1 aromatic heterocycles. The van der Waals surface area contributed by atoms with Gasteiger partial charge in [-0.15, -0.1) is 0 Å². The normalized spacial score (nSPS) is 11.1. The standard InChI is InChI=1S/C20H17NO/c1-22-20-13-19-17(16-9-5-6-10-18(16)20)11-12-21(19)14-15-7-3-2-4-8-15/h2-13H,14H2,1H3. The number of aromatic nitrogens is 1. The molecule has 0 saturated carbocycles. The highest BCUT2D eigenvalue weighted by atomic mass is 16.5. The van der Waals surface area contributed by atoms with Crippen molar-refractivity contribution in [1.29, 1.82) is 0 Å². The fourth-order valence-corrected chi connectivity index (χ4v) is 3.09. The number of ether oxygens (including phenoxy) is 1. The largest absolute Gasteiger partial charge is 0.496 e. The van der Waals surface area contributed by atoms with Crippen molar-refractivity contribution in [2.45, 2.75) is 6.54 Å². The van der Waals surface area contributed by atoms with E-state index in [-0.39, 0.29) is 0 Å². The summed E-state index contributed by atoms with van der Waals surface area (Å²) in [6, 6.07) is 23.3. The molecule has 2 nitrogen and oxygen atoms in total. The first-order valence-electron chi connectivity index (χ1n) is 7.45. The van der Waals surface area contributed by atoms with Gasteiger partial charge < -0.3 is 9.30 Å². The summed E-state index contributed by atoms with van der Waals surface area (Å²) in [7, 11) is 1.73. The van der Waals surface area contributed by atoms with E-state index in [0.717, 1.165) is 17.7 Å². The van der Waals surface area contributed by atoms with Gasteiger partial charge in [-0.05, 0) is 17.0 Å². The summed E-state index contributed by atoms with van der Waals surface area (Å²) in [6.07, 6.45) is 2.16. The number of fused-ring (bicyclic) bond motifs is 3. The molecule has 4 aromatic rings. The van der Waals surface area contributed by atoms with Crippen molar-refractivity contribution in [3.63, 3.8) is 0 Å². The minimum absolute atomic E-state index is 0.867. The number of benzene rings is 3. The Morgan fingerprint density at radius 1 is 0.818 bits per heavy atom. The van der Waals surface area contributed by atoms with Gasteiger partial charge >= 0.3 is 0 Å². The smallest absolute Gasteiger partial charge is 0.128 e. The molecule has 0 spiro atoms. The van der Waals surface area contributed by atoms with Crippen LogP contribution in [-0.2, 0) is 6.54 Å². The van der Waals surface area contributed by atoms with E-state index >= 15 is 0 Å². The van der Waals surface area contributed by atoms with Crippen LogP contribution in [0.1, 0.15) is 5.56 Å². The average molecular weight is 287 g/mol. The highest BCUT2D eigenvalue weighted by Crippen LogP contribution is 2.34. The molecule has 0 aliphatic rings. The molecule has 2 heteroatoms. The van der Waals surface area contributed by atoms with Gasteiger partial charge in [-0.3, -0.25) is 0 Å². The molecule has 0 fully saturated rings. The molecular formula is C20H17NO. The number of nitrogens with zero attached hydrogens (tertiary/aromatic N) is 1. The molecule has 1 heterocycles. The lowest BCUT2D eigenvalue weighted by Gasteiger charge is -2.10. The van der Waals surface area contributed by atoms with E-state index < -0.39 is 0 Å². The van der Waals surface area contributed by atoms with Gasteiger partial charge in [0.2, 0.25) is 0 Å². The Balaban J connectivity index is 1.93. The maximum absolute atomic E-state index is 5.60. The fourth-order valence-electron chi connectivity index (χ4n) is 3.09. The first-order valence-corrected chi connectivity index (χ1v) is 7.45. The predicted octanol–water partition coefficient (Wildman–Crippen LogP) is 4.85.